The van der Waals surface area contributed by atoms with E-state index in [9.17, 15) is 13.2 Å². The molecule has 9 heteroatoms. The van der Waals surface area contributed by atoms with Gasteiger partial charge in [-0.2, -0.15) is 9.41 Å². The van der Waals surface area contributed by atoms with Crippen molar-refractivity contribution in [3.05, 3.63) is 52.2 Å². The van der Waals surface area contributed by atoms with Crippen molar-refractivity contribution in [1.82, 2.24) is 14.6 Å². The molecule has 1 aliphatic rings. The zero-order chi connectivity index (χ0) is 19.3. The number of aryl methyl sites for hydroxylation is 1. The van der Waals surface area contributed by atoms with E-state index in [4.69, 9.17) is 0 Å². The van der Waals surface area contributed by atoms with Crippen molar-refractivity contribution in [2.45, 2.75) is 11.8 Å². The van der Waals surface area contributed by atoms with E-state index < -0.39 is 10.0 Å². The van der Waals surface area contributed by atoms with Crippen molar-refractivity contribution in [1.29, 1.82) is 0 Å². The SMILES string of the molecule is Cc1ccc(S(=O)(=O)N2CCN(CC(=O)N/N=C\c3cccs3)CC2)cc1. The maximum Gasteiger partial charge on any atom is 0.254 e. The molecule has 1 amide bonds. The lowest BCUT2D eigenvalue weighted by Crippen LogP contribution is -2.50. The molecule has 0 saturated carbocycles. The second kappa shape index (κ2) is 8.75. The first-order valence-electron chi connectivity index (χ1n) is 8.60. The minimum atomic E-state index is -3.49. The van der Waals surface area contributed by atoms with Gasteiger partial charge >= 0.3 is 0 Å². The summed E-state index contributed by atoms with van der Waals surface area (Å²) in [4.78, 5) is 15.2. The first-order chi connectivity index (χ1) is 12.9. The van der Waals surface area contributed by atoms with Gasteiger partial charge in [0.25, 0.3) is 5.91 Å². The summed E-state index contributed by atoms with van der Waals surface area (Å²) in [5.41, 5.74) is 3.52. The summed E-state index contributed by atoms with van der Waals surface area (Å²) in [6, 6.07) is 10.7. The fraction of sp³-hybridized carbons (Fsp3) is 0.333. The standard InChI is InChI=1S/C18H22N4O3S2/c1-15-4-6-17(7-5-15)27(24,25)22-10-8-21(9-11-22)14-18(23)20-19-13-16-3-2-12-26-16/h2-7,12-13H,8-11,14H2,1H3,(H,20,23)/b19-13-. The number of piperazine rings is 1. The molecule has 1 N–H and O–H groups in total. The fourth-order valence-corrected chi connectivity index (χ4v) is 4.77. The van der Waals surface area contributed by atoms with E-state index in [1.54, 1.807) is 30.5 Å². The number of amides is 1. The Morgan fingerprint density at radius 2 is 1.89 bits per heavy atom. The van der Waals surface area contributed by atoms with Crippen molar-refractivity contribution in [2.24, 2.45) is 5.10 Å². The lowest BCUT2D eigenvalue weighted by molar-refractivity contribution is -0.122. The average Bonchev–Trinajstić information content (AvgIpc) is 3.16. The van der Waals surface area contributed by atoms with Crippen LogP contribution in [0, 0.1) is 6.92 Å². The molecule has 2 heterocycles. The molecule has 7 nitrogen and oxygen atoms in total. The molecule has 27 heavy (non-hydrogen) atoms. The van der Waals surface area contributed by atoms with Crippen molar-refractivity contribution in [3.8, 4) is 0 Å². The van der Waals surface area contributed by atoms with Crippen molar-refractivity contribution < 1.29 is 13.2 Å². The van der Waals surface area contributed by atoms with Crippen LogP contribution in [-0.4, -0.2) is 62.5 Å². The molecule has 1 fully saturated rings. The fourth-order valence-electron chi connectivity index (χ4n) is 2.76. The lowest BCUT2D eigenvalue weighted by Gasteiger charge is -2.33. The second-order valence-corrected chi connectivity index (χ2v) is 9.22. The predicted molar refractivity (Wildman–Crippen MR) is 106 cm³/mol. The van der Waals surface area contributed by atoms with Gasteiger partial charge in [-0.3, -0.25) is 9.69 Å². The molecule has 1 aromatic heterocycles. The monoisotopic (exact) mass is 406 g/mol. The molecule has 3 rings (SSSR count). The molecule has 1 saturated heterocycles. The number of carbonyl (C=O) groups is 1. The summed E-state index contributed by atoms with van der Waals surface area (Å²) >= 11 is 1.54. The number of rotatable bonds is 6. The van der Waals surface area contributed by atoms with Crippen molar-refractivity contribution >= 4 is 33.5 Å². The molecule has 0 atom stereocenters. The molecule has 0 unspecified atom stereocenters. The number of sulfonamides is 1. The molecular formula is C18H22N4O3S2. The number of carbonyl (C=O) groups excluding carboxylic acids is 1. The molecule has 0 radical (unpaired) electrons. The van der Waals surface area contributed by atoms with Crippen LogP contribution in [0.2, 0.25) is 0 Å². The third-order valence-electron chi connectivity index (χ3n) is 4.28. The summed E-state index contributed by atoms with van der Waals surface area (Å²) in [5.74, 6) is -0.211. The van der Waals surface area contributed by atoms with E-state index in [0.717, 1.165) is 10.4 Å². The first-order valence-corrected chi connectivity index (χ1v) is 10.9. The Labute approximate surface area is 163 Å². The quantitative estimate of drug-likeness (QED) is 0.582. The van der Waals surface area contributed by atoms with Crippen LogP contribution in [0.5, 0.6) is 0 Å². The van der Waals surface area contributed by atoms with Crippen LogP contribution in [0.3, 0.4) is 0 Å². The number of nitrogens with zero attached hydrogens (tertiary/aromatic N) is 3. The van der Waals surface area contributed by atoms with Crippen LogP contribution in [0.4, 0.5) is 0 Å². The maximum atomic E-state index is 12.7. The van der Waals surface area contributed by atoms with Crippen molar-refractivity contribution in [2.75, 3.05) is 32.7 Å². The molecule has 0 bridgehead atoms. The Balaban J connectivity index is 1.48. The van der Waals surface area contributed by atoms with Crippen LogP contribution >= 0.6 is 11.3 Å². The summed E-state index contributed by atoms with van der Waals surface area (Å²) in [5, 5.41) is 5.87. The number of hydrogen-bond donors (Lipinski definition) is 1. The van der Waals surface area contributed by atoms with Gasteiger partial charge in [0.2, 0.25) is 10.0 Å². The topological polar surface area (TPSA) is 82.1 Å². The Morgan fingerprint density at radius 1 is 1.19 bits per heavy atom. The normalized spacial score (nSPS) is 16.6. The summed E-state index contributed by atoms with van der Waals surface area (Å²) in [6.07, 6.45) is 1.61. The van der Waals surface area contributed by atoms with E-state index in [2.05, 4.69) is 10.5 Å². The summed E-state index contributed by atoms with van der Waals surface area (Å²) < 4.78 is 26.9. The van der Waals surface area contributed by atoms with E-state index in [1.165, 1.54) is 15.6 Å². The molecule has 1 aromatic carbocycles. The number of hydrogen-bond acceptors (Lipinski definition) is 6. The minimum absolute atomic E-state index is 0.195. The van der Waals surface area contributed by atoms with Crippen LogP contribution in [0.15, 0.2) is 51.8 Å². The molecule has 2 aromatic rings. The number of nitrogens with one attached hydrogen (secondary N) is 1. The number of hydrazone groups is 1. The number of benzene rings is 1. The Bertz CT molecular complexity index is 885. The lowest BCUT2D eigenvalue weighted by atomic mass is 10.2. The van der Waals surface area contributed by atoms with E-state index in [0.29, 0.717) is 31.1 Å². The van der Waals surface area contributed by atoms with Gasteiger partial charge in [-0.05, 0) is 30.5 Å². The highest BCUT2D eigenvalue weighted by atomic mass is 32.2. The predicted octanol–water partition coefficient (Wildman–Crippen LogP) is 1.51. The van der Waals surface area contributed by atoms with Crippen LogP contribution < -0.4 is 5.43 Å². The summed E-state index contributed by atoms with van der Waals surface area (Å²) in [6.45, 7) is 3.86. The highest BCUT2D eigenvalue weighted by molar-refractivity contribution is 7.89. The third kappa shape index (κ3) is 5.23. The Morgan fingerprint density at radius 3 is 2.52 bits per heavy atom. The third-order valence-corrected chi connectivity index (χ3v) is 7.00. The van der Waals surface area contributed by atoms with Gasteiger partial charge in [0.05, 0.1) is 17.7 Å². The molecular weight excluding hydrogens is 384 g/mol. The highest BCUT2D eigenvalue weighted by Gasteiger charge is 2.28. The van der Waals surface area contributed by atoms with Gasteiger partial charge in [0.1, 0.15) is 0 Å². The van der Waals surface area contributed by atoms with E-state index in [1.807, 2.05) is 29.3 Å². The van der Waals surface area contributed by atoms with Gasteiger partial charge in [-0.1, -0.05) is 23.8 Å². The summed E-state index contributed by atoms with van der Waals surface area (Å²) in [7, 11) is -3.49. The minimum Gasteiger partial charge on any atom is -0.292 e. The van der Waals surface area contributed by atoms with Gasteiger partial charge in [0, 0.05) is 31.1 Å². The Kier molecular flexibility index (Phi) is 6.38. The maximum absolute atomic E-state index is 12.7. The average molecular weight is 407 g/mol. The van der Waals surface area contributed by atoms with Crippen molar-refractivity contribution in [3.63, 3.8) is 0 Å². The van der Waals surface area contributed by atoms with Gasteiger partial charge in [-0.15, -0.1) is 11.3 Å². The zero-order valence-electron chi connectivity index (χ0n) is 15.0. The molecule has 0 aliphatic carbocycles. The Hall–Kier alpha value is -2.07. The molecule has 0 spiro atoms. The van der Waals surface area contributed by atoms with E-state index in [-0.39, 0.29) is 12.5 Å². The van der Waals surface area contributed by atoms with Crippen LogP contribution in [-0.2, 0) is 14.8 Å². The highest BCUT2D eigenvalue weighted by Crippen LogP contribution is 2.18. The molecule has 144 valence electrons. The first kappa shape index (κ1) is 19.7. The molecule has 1 aliphatic heterocycles. The zero-order valence-corrected chi connectivity index (χ0v) is 16.7. The van der Waals surface area contributed by atoms with Gasteiger partial charge < -0.3 is 0 Å². The number of thiophene rings is 1. The largest absolute Gasteiger partial charge is 0.292 e. The van der Waals surface area contributed by atoms with Crippen LogP contribution in [0.25, 0.3) is 0 Å². The van der Waals surface area contributed by atoms with Gasteiger partial charge in [-0.25, -0.2) is 13.8 Å². The smallest absolute Gasteiger partial charge is 0.254 e. The van der Waals surface area contributed by atoms with Crippen LogP contribution in [0.1, 0.15) is 10.4 Å². The second-order valence-electron chi connectivity index (χ2n) is 6.30. The van der Waals surface area contributed by atoms with E-state index >= 15 is 0 Å². The van der Waals surface area contributed by atoms with Gasteiger partial charge in [0.15, 0.2) is 0 Å².